The molecule has 0 saturated heterocycles. The van der Waals surface area contributed by atoms with Gasteiger partial charge in [-0.25, -0.2) is 0 Å². The fourth-order valence-electron chi connectivity index (χ4n) is 2.10. The molecule has 0 saturated carbocycles. The van der Waals surface area contributed by atoms with Crippen molar-refractivity contribution in [2.45, 2.75) is 32.7 Å². The van der Waals surface area contributed by atoms with Crippen molar-refractivity contribution in [2.75, 3.05) is 33.8 Å². The van der Waals surface area contributed by atoms with Gasteiger partial charge >= 0.3 is 0 Å². The molecule has 0 bridgehead atoms. The summed E-state index contributed by atoms with van der Waals surface area (Å²) < 4.78 is 5.37. The molecule has 0 atom stereocenters. The molecule has 0 aliphatic heterocycles. The molecule has 0 radical (unpaired) electrons. The van der Waals surface area contributed by atoms with Crippen LogP contribution in [0.15, 0.2) is 24.3 Å². The van der Waals surface area contributed by atoms with Crippen molar-refractivity contribution >= 4 is 0 Å². The van der Waals surface area contributed by atoms with E-state index in [0.29, 0.717) is 0 Å². The maximum Gasteiger partial charge on any atom is 0.123 e. The average molecular weight is 264 g/mol. The maximum absolute atomic E-state index is 5.37. The minimum Gasteiger partial charge on any atom is -0.496 e. The van der Waals surface area contributed by atoms with Crippen LogP contribution in [0.5, 0.6) is 5.75 Å². The fraction of sp³-hybridized carbons (Fsp3) is 0.625. The zero-order valence-electron chi connectivity index (χ0n) is 12.6. The van der Waals surface area contributed by atoms with Crippen molar-refractivity contribution in [2.24, 2.45) is 0 Å². The molecule has 0 fully saturated rings. The Morgan fingerprint density at radius 1 is 1.16 bits per heavy atom. The van der Waals surface area contributed by atoms with E-state index in [2.05, 4.69) is 36.3 Å². The summed E-state index contributed by atoms with van der Waals surface area (Å²) in [5, 5.41) is 3.49. The summed E-state index contributed by atoms with van der Waals surface area (Å²) in [7, 11) is 3.88. The molecule has 1 rings (SSSR count). The summed E-state index contributed by atoms with van der Waals surface area (Å²) in [6, 6.07) is 8.22. The number of likely N-dealkylation sites (N-methyl/N-ethyl adjacent to an activating group) is 1. The van der Waals surface area contributed by atoms with Gasteiger partial charge in [-0.1, -0.05) is 38.0 Å². The third kappa shape index (κ3) is 6.60. The molecule has 1 N–H and O–H groups in total. The van der Waals surface area contributed by atoms with Gasteiger partial charge in [-0.15, -0.1) is 0 Å². The molecule has 19 heavy (non-hydrogen) atoms. The molecule has 3 heteroatoms. The summed E-state index contributed by atoms with van der Waals surface area (Å²) >= 11 is 0. The molecular weight excluding hydrogens is 236 g/mol. The number of benzene rings is 1. The van der Waals surface area contributed by atoms with Crippen molar-refractivity contribution in [3.8, 4) is 5.75 Å². The summed E-state index contributed by atoms with van der Waals surface area (Å²) in [5.74, 6) is 0.977. The van der Waals surface area contributed by atoms with Gasteiger partial charge in [0, 0.05) is 25.2 Å². The lowest BCUT2D eigenvalue weighted by Crippen LogP contribution is -2.29. The van der Waals surface area contributed by atoms with E-state index < -0.39 is 0 Å². The van der Waals surface area contributed by atoms with E-state index in [0.717, 1.165) is 31.9 Å². The van der Waals surface area contributed by atoms with Crippen LogP contribution in [0.4, 0.5) is 0 Å². The predicted octanol–water partition coefficient (Wildman–Crippen LogP) is 2.91. The Morgan fingerprint density at radius 3 is 2.68 bits per heavy atom. The lowest BCUT2D eigenvalue weighted by Gasteiger charge is -2.18. The first kappa shape index (κ1) is 16.0. The SMILES string of the molecule is CCCCCNCCN(C)Cc1ccccc1OC. The topological polar surface area (TPSA) is 24.5 Å². The van der Waals surface area contributed by atoms with Gasteiger partial charge in [0.25, 0.3) is 0 Å². The van der Waals surface area contributed by atoms with Crippen LogP contribution < -0.4 is 10.1 Å². The van der Waals surface area contributed by atoms with Crippen molar-refractivity contribution in [3.63, 3.8) is 0 Å². The molecule has 0 amide bonds. The largest absolute Gasteiger partial charge is 0.496 e. The van der Waals surface area contributed by atoms with Crippen molar-refractivity contribution < 1.29 is 4.74 Å². The number of nitrogens with zero attached hydrogens (tertiary/aromatic N) is 1. The van der Waals surface area contributed by atoms with Crippen LogP contribution >= 0.6 is 0 Å². The monoisotopic (exact) mass is 264 g/mol. The van der Waals surface area contributed by atoms with Crippen molar-refractivity contribution in [3.05, 3.63) is 29.8 Å². The molecule has 0 aliphatic carbocycles. The van der Waals surface area contributed by atoms with E-state index in [1.165, 1.54) is 24.8 Å². The highest BCUT2D eigenvalue weighted by Crippen LogP contribution is 2.18. The summed E-state index contributed by atoms with van der Waals surface area (Å²) in [6.07, 6.45) is 3.90. The van der Waals surface area contributed by atoms with E-state index >= 15 is 0 Å². The van der Waals surface area contributed by atoms with Crippen LogP contribution in [0.3, 0.4) is 0 Å². The van der Waals surface area contributed by atoms with E-state index in [1.807, 2.05) is 12.1 Å². The van der Waals surface area contributed by atoms with Gasteiger partial charge in [-0.05, 0) is 26.1 Å². The van der Waals surface area contributed by atoms with E-state index in [1.54, 1.807) is 7.11 Å². The molecular formula is C16H28N2O. The molecule has 108 valence electrons. The van der Waals surface area contributed by atoms with Gasteiger partial charge in [-0.2, -0.15) is 0 Å². The Bertz CT molecular complexity index is 341. The molecule has 1 aromatic rings. The number of hydrogen-bond donors (Lipinski definition) is 1. The first-order valence-electron chi connectivity index (χ1n) is 7.29. The van der Waals surface area contributed by atoms with Gasteiger partial charge in [-0.3, -0.25) is 0 Å². The smallest absolute Gasteiger partial charge is 0.123 e. The lowest BCUT2D eigenvalue weighted by molar-refractivity contribution is 0.315. The van der Waals surface area contributed by atoms with Gasteiger partial charge in [0.1, 0.15) is 5.75 Å². The third-order valence-electron chi connectivity index (χ3n) is 3.26. The minimum atomic E-state index is 0.931. The minimum absolute atomic E-state index is 0.931. The fourth-order valence-corrected chi connectivity index (χ4v) is 2.10. The van der Waals surface area contributed by atoms with Gasteiger partial charge in [0.05, 0.1) is 7.11 Å². The number of nitrogens with one attached hydrogen (secondary N) is 1. The van der Waals surface area contributed by atoms with E-state index in [9.17, 15) is 0 Å². The summed E-state index contributed by atoms with van der Waals surface area (Å²) in [5.41, 5.74) is 1.25. The highest BCUT2D eigenvalue weighted by molar-refractivity contribution is 5.32. The molecule has 1 aromatic carbocycles. The van der Waals surface area contributed by atoms with Crippen LogP contribution in [-0.2, 0) is 6.54 Å². The zero-order valence-corrected chi connectivity index (χ0v) is 12.6. The van der Waals surface area contributed by atoms with E-state index in [-0.39, 0.29) is 0 Å². The Kier molecular flexibility index (Phi) is 8.26. The quantitative estimate of drug-likeness (QED) is 0.658. The summed E-state index contributed by atoms with van der Waals surface area (Å²) in [6.45, 7) is 6.41. The van der Waals surface area contributed by atoms with Crippen molar-refractivity contribution in [1.29, 1.82) is 0 Å². The first-order chi connectivity index (χ1) is 9.27. The number of unbranched alkanes of at least 4 members (excludes halogenated alkanes) is 2. The number of para-hydroxylation sites is 1. The maximum atomic E-state index is 5.37. The molecule has 0 aliphatic rings. The number of methoxy groups -OCH3 is 1. The second-order valence-electron chi connectivity index (χ2n) is 5.01. The van der Waals surface area contributed by atoms with Crippen LogP contribution in [0.2, 0.25) is 0 Å². The average Bonchev–Trinajstić information content (AvgIpc) is 2.43. The Balaban J connectivity index is 2.21. The van der Waals surface area contributed by atoms with Crippen LogP contribution in [-0.4, -0.2) is 38.7 Å². The first-order valence-corrected chi connectivity index (χ1v) is 7.29. The Labute approximate surface area is 118 Å². The van der Waals surface area contributed by atoms with Gasteiger partial charge < -0.3 is 15.0 Å². The normalized spacial score (nSPS) is 10.9. The van der Waals surface area contributed by atoms with Crippen LogP contribution in [0.1, 0.15) is 31.7 Å². The Morgan fingerprint density at radius 2 is 1.95 bits per heavy atom. The van der Waals surface area contributed by atoms with Crippen LogP contribution in [0, 0.1) is 0 Å². The zero-order chi connectivity index (χ0) is 13.9. The molecule has 0 aromatic heterocycles. The summed E-state index contributed by atoms with van der Waals surface area (Å²) in [4.78, 5) is 2.32. The second-order valence-corrected chi connectivity index (χ2v) is 5.01. The number of rotatable bonds is 10. The highest BCUT2D eigenvalue weighted by atomic mass is 16.5. The molecule has 3 nitrogen and oxygen atoms in total. The number of hydrogen-bond acceptors (Lipinski definition) is 3. The van der Waals surface area contributed by atoms with Crippen LogP contribution in [0.25, 0.3) is 0 Å². The van der Waals surface area contributed by atoms with Gasteiger partial charge in [0.2, 0.25) is 0 Å². The van der Waals surface area contributed by atoms with Gasteiger partial charge in [0.15, 0.2) is 0 Å². The lowest BCUT2D eigenvalue weighted by atomic mass is 10.2. The third-order valence-corrected chi connectivity index (χ3v) is 3.26. The second kappa shape index (κ2) is 9.82. The molecule has 0 unspecified atom stereocenters. The highest BCUT2D eigenvalue weighted by Gasteiger charge is 2.04. The molecule has 0 heterocycles. The predicted molar refractivity (Wildman–Crippen MR) is 81.7 cm³/mol. The van der Waals surface area contributed by atoms with E-state index in [4.69, 9.17) is 4.74 Å². The standard InChI is InChI=1S/C16H28N2O/c1-4-5-8-11-17-12-13-18(2)14-15-9-6-7-10-16(15)19-3/h6-7,9-10,17H,4-5,8,11-14H2,1-3H3. The Hall–Kier alpha value is -1.06. The molecule has 0 spiro atoms. The van der Waals surface area contributed by atoms with Crippen molar-refractivity contribution in [1.82, 2.24) is 10.2 Å². The number of ether oxygens (including phenoxy) is 1.